The molecular weight excluding hydrogens is 310 g/mol. The molecule has 1 aliphatic rings. The minimum Gasteiger partial charge on any atom is -0.353 e. The van der Waals surface area contributed by atoms with Crippen LogP contribution < -0.4 is 10.6 Å². The highest BCUT2D eigenvalue weighted by atomic mass is 16.2. The van der Waals surface area contributed by atoms with Crippen molar-refractivity contribution in [1.82, 2.24) is 20.5 Å². The zero-order valence-electron chi connectivity index (χ0n) is 15.7. The van der Waals surface area contributed by atoms with Gasteiger partial charge in [0.15, 0.2) is 0 Å². The number of hydrogen-bond acceptors (Lipinski definition) is 5. The Morgan fingerprint density at radius 3 is 2.46 bits per heavy atom. The summed E-state index contributed by atoms with van der Waals surface area (Å²) in [6.45, 7) is 7.37. The molecule has 0 aromatic rings. The first kappa shape index (κ1) is 20.1. The van der Waals surface area contributed by atoms with Crippen molar-refractivity contribution in [1.29, 1.82) is 0 Å². The van der Waals surface area contributed by atoms with Crippen LogP contribution in [0.5, 0.6) is 0 Å². The largest absolute Gasteiger partial charge is 0.353 e. The van der Waals surface area contributed by atoms with Crippen LogP contribution in [-0.4, -0.2) is 73.1 Å². The van der Waals surface area contributed by atoms with E-state index < -0.39 is 11.0 Å². The number of nitrogens with zero attached hydrogens (tertiary/aromatic N) is 3. The van der Waals surface area contributed by atoms with E-state index in [2.05, 4.69) is 15.7 Å². The number of likely N-dealkylation sites (N-methyl/N-ethyl adjacent to an activating group) is 2. The highest BCUT2D eigenvalue weighted by Crippen LogP contribution is 2.29. The summed E-state index contributed by atoms with van der Waals surface area (Å²) in [5.41, 5.74) is -1.13. The van der Waals surface area contributed by atoms with Gasteiger partial charge in [-0.05, 0) is 34.2 Å². The average molecular weight is 339 g/mol. The predicted molar refractivity (Wildman–Crippen MR) is 92.4 cm³/mol. The molecule has 1 heterocycles. The van der Waals surface area contributed by atoms with Gasteiger partial charge in [0.2, 0.25) is 11.8 Å². The van der Waals surface area contributed by atoms with Crippen molar-refractivity contribution in [2.24, 2.45) is 10.5 Å². The van der Waals surface area contributed by atoms with Gasteiger partial charge >= 0.3 is 0 Å². The number of carbonyl (C=O) groups is 3. The average Bonchev–Trinajstić information content (AvgIpc) is 2.76. The number of hydrazone groups is 1. The van der Waals surface area contributed by atoms with Crippen molar-refractivity contribution >= 4 is 23.4 Å². The molecule has 24 heavy (non-hydrogen) atoms. The molecule has 0 aromatic carbocycles. The number of carbonyl (C=O) groups excluding carboxylic acids is 3. The normalized spacial score (nSPS) is 20.9. The molecule has 8 nitrogen and oxygen atoms in total. The molecule has 136 valence electrons. The van der Waals surface area contributed by atoms with Crippen molar-refractivity contribution in [3.8, 4) is 0 Å². The monoisotopic (exact) mass is 339 g/mol. The van der Waals surface area contributed by atoms with Crippen molar-refractivity contribution in [2.45, 2.75) is 39.7 Å². The van der Waals surface area contributed by atoms with E-state index in [1.165, 1.54) is 9.91 Å². The maximum atomic E-state index is 12.6. The number of amides is 3. The van der Waals surface area contributed by atoms with E-state index in [0.29, 0.717) is 6.42 Å². The topological polar surface area (TPSA) is 94.1 Å². The maximum absolute atomic E-state index is 12.6. The van der Waals surface area contributed by atoms with Gasteiger partial charge in [0.05, 0.1) is 12.3 Å². The molecule has 0 spiro atoms. The molecule has 0 saturated carbocycles. The van der Waals surface area contributed by atoms with E-state index in [9.17, 15) is 14.4 Å². The van der Waals surface area contributed by atoms with Crippen LogP contribution in [0.25, 0.3) is 0 Å². The third-order valence-electron chi connectivity index (χ3n) is 4.71. The Labute approximate surface area is 143 Å². The summed E-state index contributed by atoms with van der Waals surface area (Å²) >= 11 is 0. The van der Waals surface area contributed by atoms with Crippen molar-refractivity contribution in [3.63, 3.8) is 0 Å². The molecule has 2 N–H and O–H groups in total. The molecular formula is C16H29N5O3. The van der Waals surface area contributed by atoms with Crippen molar-refractivity contribution < 1.29 is 14.4 Å². The summed E-state index contributed by atoms with van der Waals surface area (Å²) < 4.78 is 0. The lowest BCUT2D eigenvalue weighted by Crippen LogP contribution is -2.58. The van der Waals surface area contributed by atoms with Crippen molar-refractivity contribution in [2.75, 3.05) is 34.2 Å². The van der Waals surface area contributed by atoms with E-state index in [1.54, 1.807) is 41.9 Å². The van der Waals surface area contributed by atoms with E-state index in [0.717, 1.165) is 5.71 Å². The standard InChI is InChI=1S/C16H29N5O3/c1-8-11-16(4,14(24)21(7)19-11)10-18-13(23)15(2,3)20(6)12(22)9-17-5/h17H,8-10H2,1-7H3,(H,18,23). The molecule has 0 aromatic heterocycles. The smallest absolute Gasteiger partial charge is 0.255 e. The molecule has 1 aliphatic heterocycles. The van der Waals surface area contributed by atoms with E-state index in [-0.39, 0.29) is 30.8 Å². The van der Waals surface area contributed by atoms with Crippen LogP contribution in [0.1, 0.15) is 34.1 Å². The maximum Gasteiger partial charge on any atom is 0.255 e. The van der Waals surface area contributed by atoms with Gasteiger partial charge in [-0.2, -0.15) is 5.10 Å². The number of rotatable bonds is 7. The molecule has 0 radical (unpaired) electrons. The lowest BCUT2D eigenvalue weighted by molar-refractivity contribution is -0.144. The lowest BCUT2D eigenvalue weighted by atomic mass is 9.83. The van der Waals surface area contributed by atoms with Gasteiger partial charge in [-0.1, -0.05) is 6.92 Å². The Morgan fingerprint density at radius 1 is 1.38 bits per heavy atom. The molecule has 3 amide bonds. The van der Waals surface area contributed by atoms with Crippen LogP contribution in [0.3, 0.4) is 0 Å². The SMILES string of the molecule is CCC1=NN(C)C(=O)C1(C)CNC(=O)C(C)(C)N(C)C(=O)CNC. The molecule has 0 saturated heterocycles. The van der Waals surface area contributed by atoms with E-state index in [1.807, 2.05) is 6.92 Å². The molecule has 0 bridgehead atoms. The quantitative estimate of drug-likeness (QED) is 0.672. The Bertz CT molecular complexity index is 558. The minimum absolute atomic E-state index is 0.142. The Morgan fingerprint density at radius 2 is 1.96 bits per heavy atom. The fraction of sp³-hybridized carbons (Fsp3) is 0.750. The minimum atomic E-state index is -1.03. The van der Waals surface area contributed by atoms with Crippen molar-refractivity contribution in [3.05, 3.63) is 0 Å². The van der Waals surface area contributed by atoms with Crippen LogP contribution >= 0.6 is 0 Å². The third-order valence-corrected chi connectivity index (χ3v) is 4.71. The molecule has 0 fully saturated rings. The van der Waals surface area contributed by atoms with Crippen LogP contribution in [0.2, 0.25) is 0 Å². The molecule has 0 aliphatic carbocycles. The lowest BCUT2D eigenvalue weighted by Gasteiger charge is -2.35. The molecule has 1 rings (SSSR count). The van der Waals surface area contributed by atoms with Gasteiger partial charge in [0.25, 0.3) is 5.91 Å². The molecule has 8 heteroatoms. The zero-order valence-corrected chi connectivity index (χ0v) is 15.7. The number of nitrogens with one attached hydrogen (secondary N) is 2. The van der Waals surface area contributed by atoms with Crippen LogP contribution in [0, 0.1) is 5.41 Å². The van der Waals surface area contributed by atoms with Gasteiger partial charge in [0.1, 0.15) is 11.0 Å². The fourth-order valence-electron chi connectivity index (χ4n) is 2.66. The van der Waals surface area contributed by atoms with Gasteiger partial charge in [-0.25, -0.2) is 5.01 Å². The summed E-state index contributed by atoms with van der Waals surface area (Å²) in [7, 11) is 4.88. The van der Waals surface area contributed by atoms with Gasteiger partial charge in [-0.3, -0.25) is 14.4 Å². The molecule has 1 unspecified atom stereocenters. The highest BCUT2D eigenvalue weighted by Gasteiger charge is 2.46. The Kier molecular flexibility index (Phi) is 6.10. The first-order chi connectivity index (χ1) is 11.0. The first-order valence-corrected chi connectivity index (χ1v) is 8.08. The summed E-state index contributed by atoms with van der Waals surface area (Å²) in [5, 5.41) is 11.2. The van der Waals surface area contributed by atoms with Crippen LogP contribution in [0.4, 0.5) is 0 Å². The summed E-state index contributed by atoms with van der Waals surface area (Å²) in [6.07, 6.45) is 0.631. The second-order valence-electron chi connectivity index (χ2n) is 6.79. The highest BCUT2D eigenvalue weighted by molar-refractivity contribution is 6.12. The van der Waals surface area contributed by atoms with Crippen LogP contribution in [-0.2, 0) is 14.4 Å². The summed E-state index contributed by atoms with van der Waals surface area (Å²) in [4.78, 5) is 38.4. The first-order valence-electron chi connectivity index (χ1n) is 8.08. The summed E-state index contributed by atoms with van der Waals surface area (Å²) in [5.74, 6) is -0.637. The van der Waals surface area contributed by atoms with E-state index >= 15 is 0 Å². The van der Waals surface area contributed by atoms with Gasteiger partial charge in [0, 0.05) is 20.6 Å². The Balaban J connectivity index is 2.83. The second-order valence-corrected chi connectivity index (χ2v) is 6.79. The van der Waals surface area contributed by atoms with Gasteiger partial charge in [-0.15, -0.1) is 0 Å². The zero-order chi connectivity index (χ0) is 18.7. The molecule has 1 atom stereocenters. The third kappa shape index (κ3) is 3.58. The van der Waals surface area contributed by atoms with Crippen LogP contribution in [0.15, 0.2) is 5.10 Å². The van der Waals surface area contributed by atoms with Gasteiger partial charge < -0.3 is 15.5 Å². The number of hydrogen-bond donors (Lipinski definition) is 2. The summed E-state index contributed by atoms with van der Waals surface area (Å²) in [6, 6.07) is 0. The predicted octanol–water partition coefficient (Wildman–Crippen LogP) is -0.197. The second kappa shape index (κ2) is 7.29. The van der Waals surface area contributed by atoms with E-state index in [4.69, 9.17) is 0 Å². The Hall–Kier alpha value is -1.96. The fourth-order valence-corrected chi connectivity index (χ4v) is 2.66.